The van der Waals surface area contributed by atoms with Crippen molar-refractivity contribution in [2.24, 2.45) is 0 Å². The Morgan fingerprint density at radius 2 is 1.93 bits per heavy atom. The van der Waals surface area contributed by atoms with E-state index in [1.165, 1.54) is 36.5 Å². The van der Waals surface area contributed by atoms with Crippen LogP contribution in [0.3, 0.4) is 0 Å². The SMILES string of the molecule is O=C(NC1CCS(=O)(=O)C1)c1cc(Nc2ccccc2C(F)(F)F)ccn1. The summed E-state index contributed by atoms with van der Waals surface area (Å²) in [6, 6.07) is 7.24. The van der Waals surface area contributed by atoms with Gasteiger partial charge in [0.25, 0.3) is 5.91 Å². The van der Waals surface area contributed by atoms with E-state index in [4.69, 9.17) is 0 Å². The van der Waals surface area contributed by atoms with E-state index in [-0.39, 0.29) is 28.6 Å². The number of rotatable bonds is 4. The zero-order valence-corrected chi connectivity index (χ0v) is 14.8. The number of pyridine rings is 1. The Balaban J connectivity index is 1.76. The fourth-order valence-corrected chi connectivity index (χ4v) is 4.47. The third kappa shape index (κ3) is 4.76. The summed E-state index contributed by atoms with van der Waals surface area (Å²) in [4.78, 5) is 16.2. The Labute approximate surface area is 153 Å². The van der Waals surface area contributed by atoms with Crippen LogP contribution in [0.2, 0.25) is 0 Å². The van der Waals surface area contributed by atoms with Crippen LogP contribution in [0.4, 0.5) is 24.5 Å². The molecule has 2 aromatic rings. The highest BCUT2D eigenvalue weighted by Gasteiger charge is 2.33. The molecule has 0 aliphatic carbocycles. The Morgan fingerprint density at radius 1 is 1.19 bits per heavy atom. The van der Waals surface area contributed by atoms with Crippen LogP contribution in [0.1, 0.15) is 22.5 Å². The zero-order chi connectivity index (χ0) is 19.7. The van der Waals surface area contributed by atoms with Crippen LogP contribution in [-0.2, 0) is 16.0 Å². The van der Waals surface area contributed by atoms with E-state index in [1.807, 2.05) is 0 Å². The fraction of sp³-hybridized carbons (Fsp3) is 0.294. The van der Waals surface area contributed by atoms with Crippen molar-refractivity contribution >= 4 is 27.1 Å². The lowest BCUT2D eigenvalue weighted by Crippen LogP contribution is -2.36. The zero-order valence-electron chi connectivity index (χ0n) is 14.0. The van der Waals surface area contributed by atoms with Gasteiger partial charge in [0.15, 0.2) is 9.84 Å². The van der Waals surface area contributed by atoms with Crippen molar-refractivity contribution in [3.63, 3.8) is 0 Å². The predicted octanol–water partition coefficient (Wildman–Crippen LogP) is 2.76. The maximum atomic E-state index is 13.1. The number of para-hydroxylation sites is 1. The van der Waals surface area contributed by atoms with Gasteiger partial charge in [-0.3, -0.25) is 9.78 Å². The molecule has 144 valence electrons. The number of anilines is 2. The van der Waals surface area contributed by atoms with Gasteiger partial charge < -0.3 is 10.6 Å². The quantitative estimate of drug-likeness (QED) is 0.826. The van der Waals surface area contributed by atoms with Gasteiger partial charge >= 0.3 is 6.18 Å². The van der Waals surface area contributed by atoms with E-state index >= 15 is 0 Å². The lowest BCUT2D eigenvalue weighted by atomic mass is 10.1. The molecule has 2 heterocycles. The smallest absolute Gasteiger partial charge is 0.355 e. The Bertz CT molecular complexity index is 961. The number of sulfone groups is 1. The van der Waals surface area contributed by atoms with Crippen LogP contribution in [0.5, 0.6) is 0 Å². The molecule has 1 atom stereocenters. The summed E-state index contributed by atoms with van der Waals surface area (Å²) in [6.07, 6.45) is -2.91. The summed E-state index contributed by atoms with van der Waals surface area (Å²) in [5.41, 5.74) is -0.742. The van der Waals surface area contributed by atoms with Crippen molar-refractivity contribution < 1.29 is 26.4 Å². The molecule has 1 aliphatic heterocycles. The van der Waals surface area contributed by atoms with Gasteiger partial charge in [-0.2, -0.15) is 13.2 Å². The number of nitrogens with one attached hydrogen (secondary N) is 2. The van der Waals surface area contributed by atoms with Crippen molar-refractivity contribution in [2.45, 2.75) is 18.6 Å². The number of benzene rings is 1. The molecule has 1 amide bonds. The van der Waals surface area contributed by atoms with Crippen molar-refractivity contribution in [3.8, 4) is 0 Å². The minimum atomic E-state index is -4.52. The van der Waals surface area contributed by atoms with Crippen LogP contribution in [0.25, 0.3) is 0 Å². The first-order valence-electron chi connectivity index (χ1n) is 8.05. The minimum Gasteiger partial charge on any atom is -0.355 e. The van der Waals surface area contributed by atoms with Gasteiger partial charge in [0.1, 0.15) is 5.69 Å². The van der Waals surface area contributed by atoms with Crippen LogP contribution in [-0.4, -0.2) is 36.9 Å². The molecule has 0 bridgehead atoms. The monoisotopic (exact) mass is 399 g/mol. The Morgan fingerprint density at radius 3 is 2.59 bits per heavy atom. The lowest BCUT2D eigenvalue weighted by Gasteiger charge is -2.15. The van der Waals surface area contributed by atoms with Crippen molar-refractivity contribution in [3.05, 3.63) is 53.9 Å². The van der Waals surface area contributed by atoms with Gasteiger partial charge in [-0.15, -0.1) is 0 Å². The van der Waals surface area contributed by atoms with E-state index in [1.54, 1.807) is 0 Å². The summed E-state index contributed by atoms with van der Waals surface area (Å²) >= 11 is 0. The number of carbonyl (C=O) groups is 1. The molecule has 1 aromatic heterocycles. The molecule has 0 spiro atoms. The molecular formula is C17H16F3N3O3S. The first-order chi connectivity index (χ1) is 12.6. The second-order valence-corrected chi connectivity index (χ2v) is 8.40. The summed E-state index contributed by atoms with van der Waals surface area (Å²) in [6.45, 7) is 0. The summed E-state index contributed by atoms with van der Waals surface area (Å²) < 4.78 is 62.2. The van der Waals surface area contributed by atoms with Gasteiger partial charge in [0.2, 0.25) is 0 Å². The maximum Gasteiger partial charge on any atom is 0.418 e. The van der Waals surface area contributed by atoms with E-state index in [2.05, 4.69) is 15.6 Å². The normalized spacial score (nSPS) is 18.9. The molecule has 10 heteroatoms. The summed E-state index contributed by atoms with van der Waals surface area (Å²) in [7, 11) is -3.14. The highest BCUT2D eigenvalue weighted by molar-refractivity contribution is 7.91. The number of aromatic nitrogens is 1. The second-order valence-electron chi connectivity index (χ2n) is 6.17. The number of hydrogen-bond acceptors (Lipinski definition) is 5. The van der Waals surface area contributed by atoms with Gasteiger partial charge in [0.05, 0.1) is 22.8 Å². The number of nitrogens with zero attached hydrogens (tertiary/aromatic N) is 1. The lowest BCUT2D eigenvalue weighted by molar-refractivity contribution is -0.136. The van der Waals surface area contributed by atoms with E-state index in [0.29, 0.717) is 6.42 Å². The molecule has 1 aromatic carbocycles. The number of alkyl halides is 3. The highest BCUT2D eigenvalue weighted by atomic mass is 32.2. The first-order valence-corrected chi connectivity index (χ1v) is 9.87. The topological polar surface area (TPSA) is 88.2 Å². The molecule has 6 nitrogen and oxygen atoms in total. The number of hydrogen-bond donors (Lipinski definition) is 2. The largest absolute Gasteiger partial charge is 0.418 e. The molecule has 27 heavy (non-hydrogen) atoms. The van der Waals surface area contributed by atoms with Gasteiger partial charge in [-0.05, 0) is 30.7 Å². The Hall–Kier alpha value is -2.62. The third-order valence-electron chi connectivity index (χ3n) is 4.07. The summed E-state index contributed by atoms with van der Waals surface area (Å²) in [5, 5.41) is 5.23. The average Bonchev–Trinajstić information content (AvgIpc) is 2.93. The molecule has 0 saturated carbocycles. The third-order valence-corrected chi connectivity index (χ3v) is 5.84. The minimum absolute atomic E-state index is 0.0151. The number of halogens is 3. The van der Waals surface area contributed by atoms with Crippen LogP contribution < -0.4 is 10.6 Å². The first kappa shape index (κ1) is 19.2. The number of carbonyl (C=O) groups excluding carboxylic acids is 1. The Kier molecular flexibility index (Phi) is 5.09. The predicted molar refractivity (Wildman–Crippen MR) is 93.5 cm³/mol. The molecule has 0 radical (unpaired) electrons. The van der Waals surface area contributed by atoms with E-state index in [9.17, 15) is 26.4 Å². The molecule has 3 rings (SSSR count). The van der Waals surface area contributed by atoms with E-state index < -0.39 is 33.5 Å². The molecule has 1 fully saturated rings. The van der Waals surface area contributed by atoms with Gasteiger partial charge in [-0.1, -0.05) is 12.1 Å². The van der Waals surface area contributed by atoms with Gasteiger partial charge in [0, 0.05) is 17.9 Å². The van der Waals surface area contributed by atoms with Gasteiger partial charge in [-0.25, -0.2) is 8.42 Å². The molecule has 2 N–H and O–H groups in total. The maximum absolute atomic E-state index is 13.1. The average molecular weight is 399 g/mol. The van der Waals surface area contributed by atoms with Crippen molar-refractivity contribution in [1.82, 2.24) is 10.3 Å². The second kappa shape index (κ2) is 7.18. The fourth-order valence-electron chi connectivity index (χ4n) is 2.80. The number of amides is 1. The van der Waals surface area contributed by atoms with Crippen molar-refractivity contribution in [2.75, 3.05) is 16.8 Å². The molecule has 1 unspecified atom stereocenters. The van der Waals surface area contributed by atoms with E-state index in [0.717, 1.165) is 6.07 Å². The molecular weight excluding hydrogens is 383 g/mol. The standard InChI is InChI=1S/C17H16F3N3O3S/c18-17(19,20)13-3-1-2-4-14(13)22-11-5-7-21-15(9-11)16(24)23-12-6-8-27(25,26)10-12/h1-5,7,9,12H,6,8,10H2,(H,21,22)(H,23,24). The molecule has 1 aliphatic rings. The van der Waals surface area contributed by atoms with Crippen LogP contribution in [0.15, 0.2) is 42.6 Å². The molecule has 1 saturated heterocycles. The van der Waals surface area contributed by atoms with Crippen molar-refractivity contribution in [1.29, 1.82) is 0 Å². The highest BCUT2D eigenvalue weighted by Crippen LogP contribution is 2.35. The van der Waals surface area contributed by atoms with Crippen LogP contribution >= 0.6 is 0 Å². The van der Waals surface area contributed by atoms with Crippen LogP contribution in [0, 0.1) is 0 Å². The summed E-state index contributed by atoms with van der Waals surface area (Å²) in [5.74, 6) is -0.693.